The summed E-state index contributed by atoms with van der Waals surface area (Å²) in [5.74, 6) is 0.109. The van der Waals surface area contributed by atoms with Crippen molar-refractivity contribution < 1.29 is 14.6 Å². The molecule has 2 nitrogen and oxygen atoms in total. The number of unbranched alkanes of at least 4 members (excludes halogenated alkanes) is 2. The molecule has 1 aromatic rings. The minimum Gasteiger partial charge on any atom is -0.507 e. The van der Waals surface area contributed by atoms with Gasteiger partial charge in [-0.3, -0.25) is 0 Å². The summed E-state index contributed by atoms with van der Waals surface area (Å²) >= 11 is 0. The molecule has 24 heavy (non-hydrogen) atoms. The summed E-state index contributed by atoms with van der Waals surface area (Å²) in [6.07, 6.45) is 7.53. The molecule has 2 N–H and O–H groups in total. The van der Waals surface area contributed by atoms with Gasteiger partial charge in [0.05, 0.1) is 0 Å². The first-order valence-corrected chi connectivity index (χ1v) is 8.93. The number of hydrogen-bond acceptors (Lipinski definition) is 2. The molecule has 1 aliphatic carbocycles. The van der Waals surface area contributed by atoms with Crippen molar-refractivity contribution in [3.8, 4) is 11.5 Å². The normalized spacial score (nSPS) is 20.7. The van der Waals surface area contributed by atoms with Gasteiger partial charge in [0.1, 0.15) is 18.2 Å². The standard InChI is InChI=1S/C21H29FO2/c1-4-5-6-7-15-11-19(23)21(20(24)12-15)18-10-16(13-22)8-9-17(18)14(2)3/h10-12,17-18,23-24H,2,4-9,13H2,1,3H3. The molecule has 1 aliphatic rings. The molecule has 1 aromatic carbocycles. The summed E-state index contributed by atoms with van der Waals surface area (Å²) in [6.45, 7) is 7.67. The number of phenolic OH excluding ortho intramolecular Hbond substituents is 2. The predicted octanol–water partition coefficient (Wildman–Crippen LogP) is 5.80. The van der Waals surface area contributed by atoms with E-state index in [4.69, 9.17) is 0 Å². The molecule has 132 valence electrons. The van der Waals surface area contributed by atoms with Crippen molar-refractivity contribution in [2.75, 3.05) is 6.67 Å². The highest BCUT2D eigenvalue weighted by molar-refractivity contribution is 5.52. The number of aryl methyl sites for hydroxylation is 1. The van der Waals surface area contributed by atoms with Crippen molar-refractivity contribution in [1.29, 1.82) is 0 Å². The van der Waals surface area contributed by atoms with Gasteiger partial charge in [-0.15, -0.1) is 0 Å². The minimum atomic E-state index is -0.476. The smallest absolute Gasteiger partial charge is 0.123 e. The Labute approximate surface area is 144 Å². The average molecular weight is 332 g/mol. The van der Waals surface area contributed by atoms with Crippen LogP contribution in [0, 0.1) is 5.92 Å². The monoisotopic (exact) mass is 332 g/mol. The summed E-state index contributed by atoms with van der Waals surface area (Å²) in [7, 11) is 0. The number of rotatable bonds is 7. The number of alkyl halides is 1. The number of benzene rings is 1. The summed E-state index contributed by atoms with van der Waals surface area (Å²) in [5, 5.41) is 21.1. The van der Waals surface area contributed by atoms with Crippen LogP contribution >= 0.6 is 0 Å². The number of allylic oxidation sites excluding steroid dienone is 3. The van der Waals surface area contributed by atoms with Crippen molar-refractivity contribution >= 4 is 0 Å². The minimum absolute atomic E-state index is 0.106. The number of phenols is 2. The molecule has 3 heteroatoms. The molecule has 0 heterocycles. The molecule has 0 bridgehead atoms. The zero-order chi connectivity index (χ0) is 17.7. The Morgan fingerprint density at radius 1 is 1.25 bits per heavy atom. The second-order valence-electron chi connectivity index (χ2n) is 6.98. The summed E-state index contributed by atoms with van der Waals surface area (Å²) in [6, 6.07) is 3.50. The average Bonchev–Trinajstić information content (AvgIpc) is 2.54. The van der Waals surface area contributed by atoms with Gasteiger partial charge in [0.25, 0.3) is 0 Å². The fourth-order valence-corrected chi connectivity index (χ4v) is 3.67. The summed E-state index contributed by atoms with van der Waals surface area (Å²) < 4.78 is 13.1. The molecule has 0 aromatic heterocycles. The van der Waals surface area contributed by atoms with E-state index in [-0.39, 0.29) is 23.3 Å². The number of aromatic hydroxyl groups is 2. The Kier molecular flexibility index (Phi) is 6.47. The van der Waals surface area contributed by atoms with Gasteiger partial charge in [0.15, 0.2) is 0 Å². The van der Waals surface area contributed by atoms with E-state index in [9.17, 15) is 14.6 Å². The third-order valence-electron chi connectivity index (χ3n) is 5.03. The number of hydrogen-bond donors (Lipinski definition) is 2. The van der Waals surface area contributed by atoms with Gasteiger partial charge in [-0.05, 0) is 61.8 Å². The topological polar surface area (TPSA) is 40.5 Å². The van der Waals surface area contributed by atoms with Crippen molar-refractivity contribution in [2.45, 2.75) is 58.3 Å². The van der Waals surface area contributed by atoms with Crippen molar-refractivity contribution in [3.05, 3.63) is 47.1 Å². The molecular formula is C21H29FO2. The fraction of sp³-hybridized carbons (Fsp3) is 0.524. The van der Waals surface area contributed by atoms with Gasteiger partial charge in [-0.1, -0.05) is 38.0 Å². The third kappa shape index (κ3) is 4.19. The second-order valence-corrected chi connectivity index (χ2v) is 6.98. The van der Waals surface area contributed by atoms with Gasteiger partial charge < -0.3 is 10.2 Å². The van der Waals surface area contributed by atoms with E-state index in [0.717, 1.165) is 48.8 Å². The van der Waals surface area contributed by atoms with Crippen molar-refractivity contribution in [3.63, 3.8) is 0 Å². The maximum Gasteiger partial charge on any atom is 0.123 e. The SMILES string of the molecule is C=C(C)C1CCC(CF)=CC1c1c(O)cc(CCCCC)cc1O. The van der Waals surface area contributed by atoms with Gasteiger partial charge in [-0.25, -0.2) is 4.39 Å². The molecule has 0 saturated carbocycles. The fourth-order valence-electron chi connectivity index (χ4n) is 3.67. The summed E-state index contributed by atoms with van der Waals surface area (Å²) in [4.78, 5) is 0. The zero-order valence-electron chi connectivity index (χ0n) is 14.8. The van der Waals surface area contributed by atoms with Crippen LogP contribution in [0.5, 0.6) is 11.5 Å². The summed E-state index contributed by atoms with van der Waals surface area (Å²) in [5.41, 5.74) is 3.19. The highest BCUT2D eigenvalue weighted by Gasteiger charge is 2.30. The predicted molar refractivity (Wildman–Crippen MR) is 97.3 cm³/mol. The lowest BCUT2D eigenvalue weighted by Crippen LogP contribution is -2.18. The Bertz CT molecular complexity index is 595. The van der Waals surface area contributed by atoms with Crippen LogP contribution in [0.15, 0.2) is 35.9 Å². The molecule has 0 aliphatic heterocycles. The molecule has 2 atom stereocenters. The molecule has 0 spiro atoms. The molecule has 0 amide bonds. The van der Waals surface area contributed by atoms with E-state index in [2.05, 4.69) is 13.5 Å². The molecule has 0 radical (unpaired) electrons. The lowest BCUT2D eigenvalue weighted by Gasteiger charge is -2.31. The highest BCUT2D eigenvalue weighted by Crippen LogP contribution is 2.46. The van der Waals surface area contributed by atoms with Crippen LogP contribution < -0.4 is 0 Å². The lowest BCUT2D eigenvalue weighted by atomic mass is 9.73. The molecule has 2 rings (SSSR count). The second kappa shape index (κ2) is 8.36. The zero-order valence-corrected chi connectivity index (χ0v) is 14.8. The lowest BCUT2D eigenvalue weighted by molar-refractivity contribution is 0.399. The van der Waals surface area contributed by atoms with Gasteiger partial charge >= 0.3 is 0 Å². The maximum absolute atomic E-state index is 13.1. The van der Waals surface area contributed by atoms with Gasteiger partial charge in [0, 0.05) is 11.5 Å². The molecular weight excluding hydrogens is 303 g/mol. The third-order valence-corrected chi connectivity index (χ3v) is 5.03. The Morgan fingerprint density at radius 2 is 1.92 bits per heavy atom. The van der Waals surface area contributed by atoms with Crippen LogP contribution in [0.1, 0.15) is 63.0 Å². The van der Waals surface area contributed by atoms with E-state index in [1.54, 1.807) is 12.1 Å². The highest BCUT2D eigenvalue weighted by atomic mass is 19.1. The van der Waals surface area contributed by atoms with E-state index < -0.39 is 6.67 Å². The first-order chi connectivity index (χ1) is 11.5. The Hall–Kier alpha value is -1.77. The van der Waals surface area contributed by atoms with Crippen LogP contribution in [0.3, 0.4) is 0 Å². The number of halogens is 1. The van der Waals surface area contributed by atoms with Crippen LogP contribution in [0.2, 0.25) is 0 Å². The molecule has 0 fully saturated rings. The van der Waals surface area contributed by atoms with E-state index in [1.165, 1.54) is 0 Å². The van der Waals surface area contributed by atoms with Gasteiger partial charge in [-0.2, -0.15) is 0 Å². The van der Waals surface area contributed by atoms with E-state index in [0.29, 0.717) is 12.0 Å². The van der Waals surface area contributed by atoms with Crippen LogP contribution in [0.4, 0.5) is 4.39 Å². The maximum atomic E-state index is 13.1. The van der Waals surface area contributed by atoms with E-state index in [1.807, 2.05) is 13.0 Å². The largest absolute Gasteiger partial charge is 0.507 e. The quantitative estimate of drug-likeness (QED) is 0.489. The van der Waals surface area contributed by atoms with Crippen LogP contribution in [0.25, 0.3) is 0 Å². The van der Waals surface area contributed by atoms with E-state index >= 15 is 0 Å². The van der Waals surface area contributed by atoms with Crippen LogP contribution in [-0.2, 0) is 6.42 Å². The Morgan fingerprint density at radius 3 is 2.46 bits per heavy atom. The van der Waals surface area contributed by atoms with Crippen LogP contribution in [-0.4, -0.2) is 16.9 Å². The van der Waals surface area contributed by atoms with Gasteiger partial charge in [0.2, 0.25) is 0 Å². The molecule has 0 saturated heterocycles. The Balaban J connectivity index is 2.36. The first-order valence-electron chi connectivity index (χ1n) is 8.93. The van der Waals surface area contributed by atoms with Crippen molar-refractivity contribution in [1.82, 2.24) is 0 Å². The molecule has 2 unspecified atom stereocenters. The first kappa shape index (κ1) is 18.6. The van der Waals surface area contributed by atoms with Crippen molar-refractivity contribution in [2.24, 2.45) is 5.92 Å².